The van der Waals surface area contributed by atoms with E-state index in [9.17, 15) is 15.0 Å². The molecule has 4 heteroatoms. The van der Waals surface area contributed by atoms with Crippen molar-refractivity contribution in [2.24, 2.45) is 5.73 Å². The highest BCUT2D eigenvalue weighted by atomic mass is 16.5. The van der Waals surface area contributed by atoms with Crippen molar-refractivity contribution in [3.05, 3.63) is 0 Å². The topological polar surface area (TPSA) is 83.6 Å². The maximum Gasteiger partial charge on any atom is 0.217 e. The standard InChI is InChI=1S/C18H37NO3/c1-2-3-4-12-15-18(21,22)16-13-10-8-6-5-7-9-11-14-17(19)20/h21-22H,2-16H2,1H3,(H2,19,20). The van der Waals surface area contributed by atoms with Crippen molar-refractivity contribution in [1.82, 2.24) is 0 Å². The van der Waals surface area contributed by atoms with Gasteiger partial charge in [-0.1, -0.05) is 64.7 Å². The quantitative estimate of drug-likeness (QED) is 0.297. The number of amides is 1. The van der Waals surface area contributed by atoms with Gasteiger partial charge in [-0.05, 0) is 19.3 Å². The predicted molar refractivity (Wildman–Crippen MR) is 91.3 cm³/mol. The van der Waals surface area contributed by atoms with Crippen LogP contribution in [0.2, 0.25) is 0 Å². The largest absolute Gasteiger partial charge is 0.370 e. The van der Waals surface area contributed by atoms with Crippen LogP contribution in [0, 0.1) is 0 Å². The minimum absolute atomic E-state index is 0.203. The zero-order valence-corrected chi connectivity index (χ0v) is 14.5. The van der Waals surface area contributed by atoms with E-state index < -0.39 is 5.79 Å². The lowest BCUT2D eigenvalue weighted by atomic mass is 9.99. The second-order valence-electron chi connectivity index (χ2n) is 6.59. The molecular weight excluding hydrogens is 278 g/mol. The van der Waals surface area contributed by atoms with Gasteiger partial charge in [0.15, 0.2) is 5.79 Å². The average molecular weight is 315 g/mol. The van der Waals surface area contributed by atoms with Crippen LogP contribution in [0.3, 0.4) is 0 Å². The van der Waals surface area contributed by atoms with E-state index in [0.29, 0.717) is 19.3 Å². The summed E-state index contributed by atoms with van der Waals surface area (Å²) >= 11 is 0. The van der Waals surface area contributed by atoms with Gasteiger partial charge in [0.25, 0.3) is 0 Å². The van der Waals surface area contributed by atoms with Gasteiger partial charge in [-0.2, -0.15) is 0 Å². The first-order chi connectivity index (χ1) is 10.5. The molecule has 22 heavy (non-hydrogen) atoms. The van der Waals surface area contributed by atoms with Crippen molar-refractivity contribution in [2.75, 3.05) is 0 Å². The van der Waals surface area contributed by atoms with Gasteiger partial charge in [0.2, 0.25) is 5.91 Å². The maximum absolute atomic E-state index is 10.6. The van der Waals surface area contributed by atoms with Gasteiger partial charge in [-0.3, -0.25) is 4.79 Å². The number of nitrogens with two attached hydrogens (primary N) is 1. The molecule has 0 aliphatic rings. The van der Waals surface area contributed by atoms with Gasteiger partial charge in [-0.25, -0.2) is 0 Å². The van der Waals surface area contributed by atoms with Gasteiger partial charge in [0.1, 0.15) is 0 Å². The Kier molecular flexibility index (Phi) is 13.6. The molecule has 0 aromatic heterocycles. The highest BCUT2D eigenvalue weighted by Crippen LogP contribution is 2.20. The van der Waals surface area contributed by atoms with Crippen LogP contribution in [0.4, 0.5) is 0 Å². The lowest BCUT2D eigenvalue weighted by molar-refractivity contribution is -0.172. The van der Waals surface area contributed by atoms with E-state index in [1.165, 1.54) is 25.7 Å². The molecule has 0 bridgehead atoms. The normalized spacial score (nSPS) is 11.8. The van der Waals surface area contributed by atoms with Crippen LogP contribution in [-0.4, -0.2) is 21.9 Å². The zero-order chi connectivity index (χ0) is 16.7. The first-order valence-corrected chi connectivity index (χ1v) is 9.21. The van der Waals surface area contributed by atoms with Crippen LogP contribution >= 0.6 is 0 Å². The van der Waals surface area contributed by atoms with Gasteiger partial charge in [0.05, 0.1) is 0 Å². The SMILES string of the molecule is CCCCCCC(O)(O)CCCCCCCCCCC(N)=O. The molecule has 0 aromatic rings. The third-order valence-electron chi connectivity index (χ3n) is 4.18. The summed E-state index contributed by atoms with van der Waals surface area (Å²) in [6.07, 6.45) is 14.5. The lowest BCUT2D eigenvalue weighted by Crippen LogP contribution is -2.27. The summed E-state index contributed by atoms with van der Waals surface area (Å²) in [6.45, 7) is 2.16. The van der Waals surface area contributed by atoms with E-state index in [4.69, 9.17) is 5.73 Å². The minimum Gasteiger partial charge on any atom is -0.370 e. The Hall–Kier alpha value is -0.610. The number of unbranched alkanes of at least 4 members (excludes halogenated alkanes) is 10. The third kappa shape index (κ3) is 15.8. The number of carbonyl (C=O) groups excluding carboxylic acids is 1. The van der Waals surface area contributed by atoms with Crippen LogP contribution in [0.1, 0.15) is 103 Å². The highest BCUT2D eigenvalue weighted by Gasteiger charge is 2.21. The average Bonchev–Trinajstić information content (AvgIpc) is 2.45. The monoisotopic (exact) mass is 315 g/mol. The van der Waals surface area contributed by atoms with Gasteiger partial charge < -0.3 is 15.9 Å². The Morgan fingerprint density at radius 2 is 1.18 bits per heavy atom. The van der Waals surface area contributed by atoms with Gasteiger partial charge in [0, 0.05) is 19.3 Å². The fourth-order valence-electron chi connectivity index (χ4n) is 2.73. The van der Waals surface area contributed by atoms with Crippen molar-refractivity contribution in [3.8, 4) is 0 Å². The number of aliphatic hydroxyl groups is 2. The molecule has 0 radical (unpaired) electrons. The summed E-state index contributed by atoms with van der Waals surface area (Å²) in [7, 11) is 0. The lowest BCUT2D eigenvalue weighted by Gasteiger charge is -2.21. The molecule has 4 N–H and O–H groups in total. The van der Waals surface area contributed by atoms with Crippen LogP contribution < -0.4 is 5.73 Å². The molecule has 0 aliphatic heterocycles. The van der Waals surface area contributed by atoms with Crippen LogP contribution in [0.5, 0.6) is 0 Å². The van der Waals surface area contributed by atoms with Gasteiger partial charge >= 0.3 is 0 Å². The van der Waals surface area contributed by atoms with E-state index in [1.807, 2.05) is 0 Å². The molecule has 0 unspecified atom stereocenters. The fraction of sp³-hybridized carbons (Fsp3) is 0.944. The third-order valence-corrected chi connectivity index (χ3v) is 4.18. The molecule has 0 aromatic carbocycles. The smallest absolute Gasteiger partial charge is 0.217 e. The fourth-order valence-corrected chi connectivity index (χ4v) is 2.73. The molecule has 132 valence electrons. The molecule has 0 aliphatic carbocycles. The molecule has 0 fully saturated rings. The summed E-state index contributed by atoms with van der Waals surface area (Å²) in [5.74, 6) is -1.66. The molecule has 0 saturated heterocycles. The minimum atomic E-state index is -1.46. The molecule has 0 atom stereocenters. The van der Waals surface area contributed by atoms with E-state index in [1.54, 1.807) is 0 Å². The molecule has 0 heterocycles. The Balaban J connectivity index is 3.31. The second kappa shape index (κ2) is 14.0. The number of primary amides is 1. The van der Waals surface area contributed by atoms with Crippen molar-refractivity contribution >= 4 is 5.91 Å². The molecule has 0 rings (SSSR count). The first kappa shape index (κ1) is 21.4. The molecular formula is C18H37NO3. The van der Waals surface area contributed by atoms with Crippen molar-refractivity contribution in [1.29, 1.82) is 0 Å². The Labute approximate surface area is 136 Å². The predicted octanol–water partition coefficient (Wildman–Crippen LogP) is 4.02. The Bertz CT molecular complexity index is 267. The summed E-state index contributed by atoms with van der Waals surface area (Å²) in [5.41, 5.74) is 5.09. The van der Waals surface area contributed by atoms with E-state index in [2.05, 4.69) is 6.92 Å². The van der Waals surface area contributed by atoms with Crippen LogP contribution in [0.15, 0.2) is 0 Å². The Morgan fingerprint density at radius 1 is 0.773 bits per heavy atom. The van der Waals surface area contributed by atoms with Gasteiger partial charge in [-0.15, -0.1) is 0 Å². The Morgan fingerprint density at radius 3 is 1.64 bits per heavy atom. The first-order valence-electron chi connectivity index (χ1n) is 9.21. The van der Waals surface area contributed by atoms with Crippen molar-refractivity contribution < 1.29 is 15.0 Å². The van der Waals surface area contributed by atoms with E-state index in [0.717, 1.165) is 51.4 Å². The maximum atomic E-state index is 10.6. The van der Waals surface area contributed by atoms with Crippen LogP contribution in [0.25, 0.3) is 0 Å². The summed E-state index contributed by atoms with van der Waals surface area (Å²) in [6, 6.07) is 0. The number of carbonyl (C=O) groups is 1. The number of hydrogen-bond acceptors (Lipinski definition) is 3. The highest BCUT2D eigenvalue weighted by molar-refractivity contribution is 5.73. The number of rotatable bonds is 16. The summed E-state index contributed by atoms with van der Waals surface area (Å²) in [4.78, 5) is 10.6. The van der Waals surface area contributed by atoms with E-state index >= 15 is 0 Å². The van der Waals surface area contributed by atoms with Crippen LogP contribution in [-0.2, 0) is 4.79 Å². The molecule has 4 nitrogen and oxygen atoms in total. The molecule has 0 saturated carbocycles. The summed E-state index contributed by atoms with van der Waals surface area (Å²) < 4.78 is 0. The van der Waals surface area contributed by atoms with E-state index in [-0.39, 0.29) is 5.91 Å². The second-order valence-corrected chi connectivity index (χ2v) is 6.59. The van der Waals surface area contributed by atoms with Crippen molar-refractivity contribution in [3.63, 3.8) is 0 Å². The zero-order valence-electron chi connectivity index (χ0n) is 14.5. The number of hydrogen-bond donors (Lipinski definition) is 3. The summed E-state index contributed by atoms with van der Waals surface area (Å²) in [5, 5.41) is 19.8. The molecule has 0 spiro atoms. The van der Waals surface area contributed by atoms with Crippen molar-refractivity contribution in [2.45, 2.75) is 109 Å². The molecule has 1 amide bonds.